The third kappa shape index (κ3) is 4.03. The molecule has 1 aliphatic carbocycles. The van der Waals surface area contributed by atoms with Gasteiger partial charge in [0.05, 0.1) is 10.8 Å². The zero-order valence-corrected chi connectivity index (χ0v) is 17.8. The number of halogens is 1. The second-order valence-corrected chi connectivity index (χ2v) is 10.3. The van der Waals surface area contributed by atoms with Gasteiger partial charge >= 0.3 is 6.03 Å². The highest BCUT2D eigenvalue weighted by molar-refractivity contribution is 7.89. The Kier molecular flexibility index (Phi) is 5.73. The van der Waals surface area contributed by atoms with E-state index in [0.29, 0.717) is 25.7 Å². The smallest absolute Gasteiger partial charge is 0.322 e. The first-order valence-electron chi connectivity index (χ1n) is 10.5. The van der Waals surface area contributed by atoms with E-state index in [1.54, 1.807) is 0 Å². The number of carbonyl (C=O) groups is 3. The topological polar surface area (TPSA) is 116 Å². The lowest BCUT2D eigenvalue weighted by molar-refractivity contribution is -0.141. The summed E-state index contributed by atoms with van der Waals surface area (Å²) in [6, 6.07) is 3.85. The molecule has 0 aromatic heterocycles. The molecule has 168 valence electrons. The summed E-state index contributed by atoms with van der Waals surface area (Å²) < 4.78 is 40.1. The molecule has 2 N–H and O–H groups in total. The minimum absolute atomic E-state index is 0.0525. The molecule has 2 heterocycles. The summed E-state index contributed by atoms with van der Waals surface area (Å²) in [6.07, 6.45) is 4.60. The predicted molar refractivity (Wildman–Crippen MR) is 107 cm³/mol. The lowest BCUT2D eigenvalue weighted by Gasteiger charge is -2.32. The van der Waals surface area contributed by atoms with E-state index < -0.39 is 45.1 Å². The molecule has 11 heteroatoms. The van der Waals surface area contributed by atoms with Gasteiger partial charge in [0.15, 0.2) is 0 Å². The van der Waals surface area contributed by atoms with Crippen molar-refractivity contribution in [3.63, 3.8) is 0 Å². The molecular weight excluding hydrogens is 427 g/mol. The highest BCUT2D eigenvalue weighted by atomic mass is 32.2. The van der Waals surface area contributed by atoms with Gasteiger partial charge in [-0.15, -0.1) is 0 Å². The molecule has 0 radical (unpaired) electrons. The number of nitrogens with one attached hydrogen (secondary N) is 2. The van der Waals surface area contributed by atoms with Gasteiger partial charge in [-0.2, -0.15) is 9.31 Å². The number of benzene rings is 1. The Hall–Kier alpha value is -2.53. The van der Waals surface area contributed by atoms with Gasteiger partial charge in [0.1, 0.15) is 11.4 Å². The van der Waals surface area contributed by atoms with Gasteiger partial charge in [0.2, 0.25) is 15.9 Å². The molecule has 0 bridgehead atoms. The number of imide groups is 1. The van der Waals surface area contributed by atoms with Gasteiger partial charge in [-0.1, -0.05) is 19.3 Å². The first-order valence-corrected chi connectivity index (χ1v) is 11.9. The minimum Gasteiger partial charge on any atom is -0.322 e. The van der Waals surface area contributed by atoms with E-state index in [-0.39, 0.29) is 18.0 Å². The Bertz CT molecular complexity index is 991. The standard InChI is InChI=1S/C20H25FN4O5S/c21-15-6-8-16(9-7-15)31(29,30)24-12-4-5-14(13-24)17(26)23-25-18(27)20(22-19(25)28)10-2-1-3-11-20/h6-9,14H,1-5,10-13H2,(H,22,28)(H,23,26)/t14-/m1/s1. The second-order valence-electron chi connectivity index (χ2n) is 8.35. The van der Waals surface area contributed by atoms with Crippen molar-refractivity contribution in [1.82, 2.24) is 20.1 Å². The third-order valence-corrected chi connectivity index (χ3v) is 8.18. The van der Waals surface area contributed by atoms with Crippen LogP contribution >= 0.6 is 0 Å². The summed E-state index contributed by atoms with van der Waals surface area (Å²) in [5.41, 5.74) is 1.45. The molecule has 2 aliphatic heterocycles. The zero-order chi connectivity index (χ0) is 22.2. The molecule has 1 spiro atoms. The van der Waals surface area contributed by atoms with Crippen LogP contribution in [0, 0.1) is 11.7 Å². The largest absolute Gasteiger partial charge is 0.344 e. The van der Waals surface area contributed by atoms with Crippen LogP contribution in [0.1, 0.15) is 44.9 Å². The molecule has 3 aliphatic rings. The van der Waals surface area contributed by atoms with Crippen LogP contribution in [-0.4, -0.2) is 54.2 Å². The second kappa shape index (κ2) is 8.19. The van der Waals surface area contributed by atoms with Gasteiger partial charge in [-0.25, -0.2) is 17.6 Å². The Morgan fingerprint density at radius 3 is 2.45 bits per heavy atom. The van der Waals surface area contributed by atoms with Gasteiger partial charge < -0.3 is 5.32 Å². The van der Waals surface area contributed by atoms with Gasteiger partial charge in [-0.05, 0) is 49.9 Å². The van der Waals surface area contributed by atoms with Crippen molar-refractivity contribution in [3.8, 4) is 0 Å². The molecule has 9 nitrogen and oxygen atoms in total. The van der Waals surface area contributed by atoms with Crippen LogP contribution in [0.15, 0.2) is 29.2 Å². The maximum Gasteiger partial charge on any atom is 0.344 e. The van der Waals surface area contributed by atoms with E-state index in [1.165, 1.54) is 16.4 Å². The molecule has 1 atom stereocenters. The number of amides is 4. The normalized spacial score (nSPS) is 24.3. The summed E-state index contributed by atoms with van der Waals surface area (Å²) in [7, 11) is -3.89. The van der Waals surface area contributed by atoms with Crippen molar-refractivity contribution >= 4 is 27.9 Å². The number of nitrogens with zero attached hydrogens (tertiary/aromatic N) is 2. The Morgan fingerprint density at radius 1 is 1.10 bits per heavy atom. The molecule has 4 rings (SSSR count). The fourth-order valence-corrected chi connectivity index (χ4v) is 6.07. The molecule has 2 saturated heterocycles. The number of carbonyl (C=O) groups excluding carboxylic acids is 3. The minimum atomic E-state index is -3.89. The quantitative estimate of drug-likeness (QED) is 0.672. The van der Waals surface area contributed by atoms with Crippen LogP contribution in [0.3, 0.4) is 0 Å². The fraction of sp³-hybridized carbons (Fsp3) is 0.550. The molecular formula is C20H25FN4O5S. The number of sulfonamides is 1. The predicted octanol–water partition coefficient (Wildman–Crippen LogP) is 1.51. The van der Waals surface area contributed by atoms with Crippen LogP contribution in [0.2, 0.25) is 0 Å². The number of hydrogen-bond donors (Lipinski definition) is 2. The fourth-order valence-electron chi connectivity index (χ4n) is 4.55. The van der Waals surface area contributed by atoms with Crippen molar-refractivity contribution in [2.45, 2.75) is 55.4 Å². The van der Waals surface area contributed by atoms with Crippen LogP contribution in [0.5, 0.6) is 0 Å². The Balaban J connectivity index is 1.44. The van der Waals surface area contributed by atoms with E-state index in [1.807, 2.05) is 0 Å². The van der Waals surface area contributed by atoms with Crippen LogP contribution in [0.4, 0.5) is 9.18 Å². The van der Waals surface area contributed by atoms with E-state index in [4.69, 9.17) is 0 Å². The van der Waals surface area contributed by atoms with E-state index in [2.05, 4.69) is 10.7 Å². The Morgan fingerprint density at radius 2 is 1.77 bits per heavy atom. The SMILES string of the molecule is O=C(NN1C(=O)NC2(CCCCC2)C1=O)[C@@H]1CCCN(S(=O)(=O)c2ccc(F)cc2)C1. The van der Waals surface area contributed by atoms with Crippen molar-refractivity contribution in [3.05, 3.63) is 30.1 Å². The zero-order valence-electron chi connectivity index (χ0n) is 17.0. The average Bonchev–Trinajstić information content (AvgIpc) is 2.98. The Labute approximate surface area is 180 Å². The van der Waals surface area contributed by atoms with Gasteiger partial charge in [-0.3, -0.25) is 15.0 Å². The van der Waals surface area contributed by atoms with Crippen LogP contribution in [0.25, 0.3) is 0 Å². The molecule has 1 aromatic carbocycles. The molecule has 4 amide bonds. The number of rotatable bonds is 4. The average molecular weight is 453 g/mol. The number of urea groups is 1. The summed E-state index contributed by atoms with van der Waals surface area (Å²) >= 11 is 0. The number of piperidine rings is 1. The molecule has 1 saturated carbocycles. The van der Waals surface area contributed by atoms with Gasteiger partial charge in [0.25, 0.3) is 5.91 Å². The van der Waals surface area contributed by atoms with Crippen molar-refractivity contribution in [1.29, 1.82) is 0 Å². The van der Waals surface area contributed by atoms with Gasteiger partial charge in [0, 0.05) is 13.1 Å². The van der Waals surface area contributed by atoms with Crippen molar-refractivity contribution in [2.24, 2.45) is 5.92 Å². The summed E-state index contributed by atoms with van der Waals surface area (Å²) in [4.78, 5) is 38.0. The summed E-state index contributed by atoms with van der Waals surface area (Å²) in [5, 5.41) is 3.46. The third-order valence-electron chi connectivity index (χ3n) is 6.30. The van der Waals surface area contributed by atoms with E-state index in [0.717, 1.165) is 36.4 Å². The number of hydrogen-bond acceptors (Lipinski definition) is 5. The molecule has 31 heavy (non-hydrogen) atoms. The van der Waals surface area contributed by atoms with Crippen molar-refractivity contribution in [2.75, 3.05) is 13.1 Å². The first kappa shape index (κ1) is 21.7. The molecule has 1 aromatic rings. The van der Waals surface area contributed by atoms with E-state index in [9.17, 15) is 27.2 Å². The monoisotopic (exact) mass is 452 g/mol. The molecule has 3 fully saturated rings. The highest BCUT2D eigenvalue weighted by Gasteiger charge is 2.52. The van der Waals surface area contributed by atoms with Crippen LogP contribution in [-0.2, 0) is 19.6 Å². The maximum atomic E-state index is 13.1. The number of hydrazine groups is 1. The molecule has 0 unspecified atom stereocenters. The first-order chi connectivity index (χ1) is 14.7. The maximum absolute atomic E-state index is 13.1. The lowest BCUT2D eigenvalue weighted by atomic mass is 9.82. The highest BCUT2D eigenvalue weighted by Crippen LogP contribution is 2.33. The van der Waals surface area contributed by atoms with E-state index >= 15 is 0 Å². The lowest BCUT2D eigenvalue weighted by Crippen LogP contribution is -2.53. The van der Waals surface area contributed by atoms with Crippen LogP contribution < -0.4 is 10.7 Å². The van der Waals surface area contributed by atoms with Crippen molar-refractivity contribution < 1.29 is 27.2 Å². The summed E-state index contributed by atoms with van der Waals surface area (Å²) in [5.74, 6) is -2.29. The summed E-state index contributed by atoms with van der Waals surface area (Å²) in [6.45, 7) is 0.149.